The van der Waals surface area contributed by atoms with Crippen molar-refractivity contribution in [3.8, 4) is 0 Å². The summed E-state index contributed by atoms with van der Waals surface area (Å²) in [6, 6.07) is 11.2. The molecule has 110 valence electrons. The van der Waals surface area contributed by atoms with Crippen molar-refractivity contribution in [2.24, 2.45) is 0 Å². The first-order chi connectivity index (χ1) is 9.78. The fourth-order valence-electron chi connectivity index (χ4n) is 3.97. The van der Waals surface area contributed by atoms with E-state index in [2.05, 4.69) is 48.3 Å². The molecule has 2 nitrogen and oxygen atoms in total. The highest BCUT2D eigenvalue weighted by Gasteiger charge is 2.31. The molecule has 1 fully saturated rings. The van der Waals surface area contributed by atoms with Crippen LogP contribution in [0.2, 0.25) is 0 Å². The lowest BCUT2D eigenvalue weighted by Gasteiger charge is -2.45. The minimum Gasteiger partial charge on any atom is -0.311 e. The molecule has 20 heavy (non-hydrogen) atoms. The number of fused-ring (bicyclic) bond motifs is 1. The smallest absolute Gasteiger partial charge is 0.0196 e. The molecule has 3 atom stereocenters. The van der Waals surface area contributed by atoms with Crippen LogP contribution < -0.4 is 5.32 Å². The van der Waals surface area contributed by atoms with E-state index in [4.69, 9.17) is 0 Å². The van der Waals surface area contributed by atoms with Crippen LogP contribution in [-0.4, -0.2) is 36.1 Å². The van der Waals surface area contributed by atoms with Crippen LogP contribution in [0, 0.1) is 0 Å². The molecule has 0 spiro atoms. The molecule has 1 saturated heterocycles. The molecule has 1 heterocycles. The Kier molecular flexibility index (Phi) is 4.42. The highest BCUT2D eigenvalue weighted by molar-refractivity contribution is 5.30. The van der Waals surface area contributed by atoms with Gasteiger partial charge in [0.1, 0.15) is 0 Å². The molecule has 0 saturated carbocycles. The lowest BCUT2D eigenvalue weighted by Crippen LogP contribution is -2.59. The van der Waals surface area contributed by atoms with Crippen LogP contribution in [0.4, 0.5) is 0 Å². The van der Waals surface area contributed by atoms with Gasteiger partial charge in [0.25, 0.3) is 0 Å². The second-order valence-corrected chi connectivity index (χ2v) is 6.60. The summed E-state index contributed by atoms with van der Waals surface area (Å²) in [6.07, 6.45) is 6.44. The summed E-state index contributed by atoms with van der Waals surface area (Å²) in [7, 11) is 0. The number of nitrogens with one attached hydrogen (secondary N) is 1. The van der Waals surface area contributed by atoms with Gasteiger partial charge in [0.2, 0.25) is 0 Å². The van der Waals surface area contributed by atoms with E-state index < -0.39 is 0 Å². The maximum atomic E-state index is 3.72. The van der Waals surface area contributed by atoms with Crippen LogP contribution in [-0.2, 0) is 12.8 Å². The van der Waals surface area contributed by atoms with Crippen molar-refractivity contribution in [1.29, 1.82) is 0 Å². The van der Waals surface area contributed by atoms with E-state index in [0.717, 1.165) is 12.6 Å². The van der Waals surface area contributed by atoms with Crippen molar-refractivity contribution in [3.63, 3.8) is 0 Å². The van der Waals surface area contributed by atoms with Gasteiger partial charge in [-0.15, -0.1) is 0 Å². The zero-order valence-electron chi connectivity index (χ0n) is 12.9. The first kappa shape index (κ1) is 14.1. The Morgan fingerprint density at radius 1 is 1.25 bits per heavy atom. The lowest BCUT2D eigenvalue weighted by molar-refractivity contribution is 0.0803. The van der Waals surface area contributed by atoms with Gasteiger partial charge in [-0.1, -0.05) is 37.6 Å². The third kappa shape index (κ3) is 2.91. The topological polar surface area (TPSA) is 15.3 Å². The molecule has 0 bridgehead atoms. The summed E-state index contributed by atoms with van der Waals surface area (Å²) in [5, 5.41) is 3.72. The van der Waals surface area contributed by atoms with E-state index in [1.807, 2.05) is 0 Å². The Morgan fingerprint density at radius 2 is 2.05 bits per heavy atom. The summed E-state index contributed by atoms with van der Waals surface area (Å²) < 4.78 is 0. The third-order valence-corrected chi connectivity index (χ3v) is 5.13. The van der Waals surface area contributed by atoms with Gasteiger partial charge in [0, 0.05) is 31.2 Å². The summed E-state index contributed by atoms with van der Waals surface area (Å²) >= 11 is 0. The minimum atomic E-state index is 0.679. The zero-order valence-corrected chi connectivity index (χ0v) is 12.9. The van der Waals surface area contributed by atoms with E-state index in [9.17, 15) is 0 Å². The van der Waals surface area contributed by atoms with Gasteiger partial charge >= 0.3 is 0 Å². The van der Waals surface area contributed by atoms with Gasteiger partial charge in [0.15, 0.2) is 0 Å². The van der Waals surface area contributed by atoms with Crippen molar-refractivity contribution in [2.75, 3.05) is 13.1 Å². The normalized spacial score (nSPS) is 31.0. The van der Waals surface area contributed by atoms with Crippen LogP contribution in [0.3, 0.4) is 0 Å². The van der Waals surface area contributed by atoms with Crippen molar-refractivity contribution in [3.05, 3.63) is 35.4 Å². The van der Waals surface area contributed by atoms with Crippen molar-refractivity contribution < 1.29 is 0 Å². The number of benzene rings is 1. The van der Waals surface area contributed by atoms with Gasteiger partial charge < -0.3 is 5.32 Å². The van der Waals surface area contributed by atoms with E-state index in [0.29, 0.717) is 12.1 Å². The molecule has 2 aliphatic rings. The van der Waals surface area contributed by atoms with Crippen molar-refractivity contribution in [1.82, 2.24) is 10.2 Å². The molecule has 1 aromatic carbocycles. The molecule has 1 aromatic rings. The minimum absolute atomic E-state index is 0.679. The number of piperazine rings is 1. The lowest BCUT2D eigenvalue weighted by atomic mass is 9.86. The van der Waals surface area contributed by atoms with E-state index in [-0.39, 0.29) is 0 Å². The van der Waals surface area contributed by atoms with Gasteiger partial charge in [-0.05, 0) is 43.7 Å². The summed E-state index contributed by atoms with van der Waals surface area (Å²) in [6.45, 7) is 7.07. The predicted molar refractivity (Wildman–Crippen MR) is 85.1 cm³/mol. The Hall–Kier alpha value is -0.860. The quantitative estimate of drug-likeness (QED) is 0.910. The fraction of sp³-hybridized carbons (Fsp3) is 0.667. The van der Waals surface area contributed by atoms with E-state index in [1.165, 1.54) is 38.6 Å². The largest absolute Gasteiger partial charge is 0.311 e. The molecule has 0 amide bonds. The molecule has 3 rings (SSSR count). The molecule has 3 unspecified atom stereocenters. The molecular weight excluding hydrogens is 244 g/mol. The number of aryl methyl sites for hydroxylation is 1. The second-order valence-electron chi connectivity index (χ2n) is 6.60. The average molecular weight is 272 g/mol. The Balaban J connectivity index is 1.69. The van der Waals surface area contributed by atoms with Crippen LogP contribution in [0.5, 0.6) is 0 Å². The number of hydrogen-bond donors (Lipinski definition) is 1. The van der Waals surface area contributed by atoms with Gasteiger partial charge in [-0.3, -0.25) is 4.90 Å². The second kappa shape index (κ2) is 6.28. The monoisotopic (exact) mass is 272 g/mol. The molecule has 1 aliphatic carbocycles. The third-order valence-electron chi connectivity index (χ3n) is 5.13. The number of rotatable bonds is 3. The number of hydrogen-bond acceptors (Lipinski definition) is 2. The molecular formula is C18H28N2. The van der Waals surface area contributed by atoms with Crippen LogP contribution in [0.1, 0.15) is 44.2 Å². The van der Waals surface area contributed by atoms with Crippen molar-refractivity contribution in [2.45, 2.75) is 64.1 Å². The van der Waals surface area contributed by atoms with Gasteiger partial charge in [-0.2, -0.15) is 0 Å². The molecule has 0 radical (unpaired) electrons. The first-order valence-corrected chi connectivity index (χ1v) is 8.34. The zero-order chi connectivity index (χ0) is 13.9. The molecule has 1 aliphatic heterocycles. The predicted octanol–water partition coefficient (Wildman–Crippen LogP) is 3.01. The highest BCUT2D eigenvalue weighted by Crippen LogP contribution is 2.27. The van der Waals surface area contributed by atoms with Gasteiger partial charge in [-0.25, -0.2) is 0 Å². The maximum absolute atomic E-state index is 3.72. The average Bonchev–Trinajstić information content (AvgIpc) is 2.49. The van der Waals surface area contributed by atoms with E-state index >= 15 is 0 Å². The maximum Gasteiger partial charge on any atom is 0.0196 e. The van der Waals surface area contributed by atoms with Crippen LogP contribution in [0.15, 0.2) is 24.3 Å². The van der Waals surface area contributed by atoms with Crippen LogP contribution >= 0.6 is 0 Å². The standard InChI is InChI=1S/C18H28N2/c1-3-6-17-13-20(14(2)12-19-17)18-10-9-15-7-4-5-8-16(15)11-18/h4-5,7-8,14,17-19H,3,6,9-13H2,1-2H3. The molecule has 2 heteroatoms. The summed E-state index contributed by atoms with van der Waals surface area (Å²) in [5.74, 6) is 0. The van der Waals surface area contributed by atoms with Gasteiger partial charge in [0.05, 0.1) is 0 Å². The number of nitrogens with zero attached hydrogens (tertiary/aromatic N) is 1. The SMILES string of the molecule is CCCC1CN(C2CCc3ccccc3C2)C(C)CN1. The van der Waals surface area contributed by atoms with E-state index in [1.54, 1.807) is 11.1 Å². The fourth-order valence-corrected chi connectivity index (χ4v) is 3.97. The Bertz CT molecular complexity index is 443. The highest BCUT2D eigenvalue weighted by atomic mass is 15.2. The summed E-state index contributed by atoms with van der Waals surface area (Å²) in [5.41, 5.74) is 3.16. The van der Waals surface area contributed by atoms with Crippen molar-refractivity contribution >= 4 is 0 Å². The Morgan fingerprint density at radius 3 is 2.85 bits per heavy atom. The molecule has 1 N–H and O–H groups in total. The molecule has 0 aromatic heterocycles. The van der Waals surface area contributed by atoms with Crippen LogP contribution in [0.25, 0.3) is 0 Å². The first-order valence-electron chi connectivity index (χ1n) is 8.34. The summed E-state index contributed by atoms with van der Waals surface area (Å²) in [4.78, 5) is 2.78. The Labute approximate surface area is 123 Å².